The molecule has 1 aliphatic rings. The molecule has 0 saturated carbocycles. The molecule has 1 fully saturated rings. The average Bonchev–Trinajstić information content (AvgIpc) is 2.53. The van der Waals surface area contributed by atoms with Gasteiger partial charge in [-0.1, -0.05) is 0 Å². The number of nitrogens with two attached hydrogens (primary N) is 2. The number of cyclic esters (lactones) is 1. The Bertz CT molecular complexity index is 218. The number of guanidine groups is 1. The van der Waals surface area contributed by atoms with Gasteiger partial charge in [-0.15, -0.1) is 0 Å². The van der Waals surface area contributed by atoms with Crippen LogP contribution in [0.4, 0.5) is 0 Å². The molecule has 1 heterocycles. The molecule has 6 heteroatoms. The van der Waals surface area contributed by atoms with Gasteiger partial charge >= 0.3 is 5.97 Å². The van der Waals surface area contributed by atoms with Crippen LogP contribution in [0, 0.1) is 5.41 Å². The van der Waals surface area contributed by atoms with Crippen molar-refractivity contribution in [1.82, 2.24) is 5.32 Å². The highest BCUT2D eigenvalue weighted by Crippen LogP contribution is 2.27. The first-order valence-corrected chi connectivity index (χ1v) is 3.65. The summed E-state index contributed by atoms with van der Waals surface area (Å²) in [6, 6.07) is 0. The second-order valence-electron chi connectivity index (χ2n) is 2.72. The van der Waals surface area contributed by atoms with Crippen LogP contribution in [0.2, 0.25) is 0 Å². The van der Waals surface area contributed by atoms with Crippen molar-refractivity contribution >= 4 is 11.9 Å². The van der Waals surface area contributed by atoms with E-state index in [1.165, 1.54) is 0 Å². The van der Waals surface area contributed by atoms with Crippen molar-refractivity contribution in [2.45, 2.75) is 18.6 Å². The number of ether oxygens (including phenoxy) is 1. The minimum absolute atomic E-state index is 0.0795. The Balaban J connectivity index is 2.04. The molecule has 0 aliphatic carbocycles. The maximum Gasteiger partial charge on any atom is 0.368 e. The molecule has 1 aliphatic heterocycles. The van der Waals surface area contributed by atoms with Crippen molar-refractivity contribution in [3.05, 3.63) is 0 Å². The zero-order valence-corrected chi connectivity index (χ0v) is 6.59. The molecule has 0 spiro atoms. The van der Waals surface area contributed by atoms with Gasteiger partial charge in [0.05, 0.1) is 0 Å². The van der Waals surface area contributed by atoms with E-state index >= 15 is 0 Å². The topological polar surface area (TPSA) is 118 Å². The van der Waals surface area contributed by atoms with Crippen molar-refractivity contribution in [1.29, 1.82) is 5.41 Å². The zero-order chi connectivity index (χ0) is 9.19. The van der Waals surface area contributed by atoms with Crippen molar-refractivity contribution < 1.29 is 9.53 Å². The number of hydrogen-bond donors (Lipinski definition) is 4. The fourth-order valence-electron chi connectivity index (χ4n) is 0.867. The fraction of sp³-hybridized carbons (Fsp3) is 0.667. The second-order valence-corrected chi connectivity index (χ2v) is 2.72. The number of nitrogens with one attached hydrogen (secondary N) is 2. The normalized spacial score (nSPS) is 26.2. The predicted molar refractivity (Wildman–Crippen MR) is 42.2 cm³/mol. The van der Waals surface area contributed by atoms with Gasteiger partial charge in [0.15, 0.2) is 5.96 Å². The molecular weight excluding hydrogens is 160 g/mol. The molecule has 0 amide bonds. The van der Waals surface area contributed by atoms with Gasteiger partial charge in [0.2, 0.25) is 0 Å². The zero-order valence-electron chi connectivity index (χ0n) is 6.59. The van der Waals surface area contributed by atoms with E-state index in [9.17, 15) is 4.79 Å². The molecule has 68 valence electrons. The summed E-state index contributed by atoms with van der Waals surface area (Å²) in [7, 11) is 0. The lowest BCUT2D eigenvalue weighted by atomic mass is 10.2. The lowest BCUT2D eigenvalue weighted by Crippen LogP contribution is -2.33. The number of hydrogen-bond acceptors (Lipinski definition) is 4. The summed E-state index contributed by atoms with van der Waals surface area (Å²) >= 11 is 0. The molecule has 0 aromatic heterocycles. The number of carbonyl (C=O) groups is 1. The van der Waals surface area contributed by atoms with Crippen molar-refractivity contribution in [2.24, 2.45) is 11.5 Å². The Kier molecular flexibility index (Phi) is 2.18. The van der Waals surface area contributed by atoms with Crippen LogP contribution >= 0.6 is 0 Å². The van der Waals surface area contributed by atoms with E-state index in [1.807, 2.05) is 0 Å². The Morgan fingerprint density at radius 2 is 2.33 bits per heavy atom. The molecular formula is C6H12N4O2. The summed E-state index contributed by atoms with van der Waals surface area (Å²) in [5.74, 6) is -0.436. The lowest BCUT2D eigenvalue weighted by molar-refractivity contribution is -0.117. The van der Waals surface area contributed by atoms with Crippen molar-refractivity contribution in [3.63, 3.8) is 0 Å². The number of carbonyl (C=O) groups excluding carboxylic acids is 1. The predicted octanol–water partition coefficient (Wildman–Crippen LogP) is -1.54. The quantitative estimate of drug-likeness (QED) is 0.177. The van der Waals surface area contributed by atoms with Crippen LogP contribution in [0.1, 0.15) is 12.8 Å². The van der Waals surface area contributed by atoms with Gasteiger partial charge in [-0.3, -0.25) is 11.1 Å². The van der Waals surface area contributed by atoms with Crippen molar-refractivity contribution in [2.75, 3.05) is 6.54 Å². The smallest absolute Gasteiger partial charge is 0.368 e. The first-order valence-electron chi connectivity index (χ1n) is 3.65. The van der Waals surface area contributed by atoms with Crippen molar-refractivity contribution in [3.8, 4) is 0 Å². The first-order chi connectivity index (χ1) is 5.54. The first kappa shape index (κ1) is 8.79. The lowest BCUT2D eigenvalue weighted by Gasteiger charge is -2.03. The van der Waals surface area contributed by atoms with Crippen LogP contribution in [0.25, 0.3) is 0 Å². The van der Waals surface area contributed by atoms with Crippen LogP contribution in [-0.4, -0.2) is 24.2 Å². The van der Waals surface area contributed by atoms with Gasteiger partial charge in [0, 0.05) is 13.0 Å². The summed E-state index contributed by atoms with van der Waals surface area (Å²) < 4.78 is 4.54. The molecule has 0 aromatic rings. The summed E-state index contributed by atoms with van der Waals surface area (Å²) in [5, 5.41) is 9.42. The molecule has 1 atom stereocenters. The van der Waals surface area contributed by atoms with E-state index in [-0.39, 0.29) is 11.9 Å². The summed E-state index contributed by atoms with van der Waals surface area (Å²) in [5.41, 5.74) is 9.41. The van der Waals surface area contributed by atoms with Crippen LogP contribution < -0.4 is 16.8 Å². The highest BCUT2D eigenvalue weighted by Gasteiger charge is 2.53. The van der Waals surface area contributed by atoms with Gasteiger partial charge in [-0.25, -0.2) is 4.79 Å². The fourth-order valence-corrected chi connectivity index (χ4v) is 0.867. The van der Waals surface area contributed by atoms with Gasteiger partial charge < -0.3 is 15.8 Å². The van der Waals surface area contributed by atoms with E-state index in [1.54, 1.807) is 0 Å². The van der Waals surface area contributed by atoms with E-state index in [0.717, 1.165) is 0 Å². The van der Waals surface area contributed by atoms with Crippen LogP contribution in [0.15, 0.2) is 0 Å². The highest BCUT2D eigenvalue weighted by atomic mass is 16.7. The average molecular weight is 172 g/mol. The Morgan fingerprint density at radius 3 is 2.75 bits per heavy atom. The maximum absolute atomic E-state index is 10.5. The maximum atomic E-state index is 10.5. The molecule has 1 unspecified atom stereocenters. The third-order valence-corrected chi connectivity index (χ3v) is 1.62. The summed E-state index contributed by atoms with van der Waals surface area (Å²) in [6.45, 7) is 0.533. The van der Waals surface area contributed by atoms with Gasteiger partial charge in [-0.2, -0.15) is 0 Å². The molecule has 0 aromatic carbocycles. The van der Waals surface area contributed by atoms with Crippen LogP contribution in [0.5, 0.6) is 0 Å². The van der Waals surface area contributed by atoms with Crippen LogP contribution in [0.3, 0.4) is 0 Å². The number of epoxide rings is 1. The molecule has 6 N–H and O–H groups in total. The summed E-state index contributed by atoms with van der Waals surface area (Å²) in [4.78, 5) is 10.5. The Hall–Kier alpha value is -1.30. The summed E-state index contributed by atoms with van der Waals surface area (Å²) in [6.07, 6.45) is 1.12. The third-order valence-electron chi connectivity index (χ3n) is 1.62. The van der Waals surface area contributed by atoms with Gasteiger partial charge in [-0.05, 0) is 6.42 Å². The molecule has 1 saturated heterocycles. The SMILES string of the molecule is N=C(N)NCCCC1(N)OC1=O. The largest absolute Gasteiger partial charge is 0.428 e. The second kappa shape index (κ2) is 2.98. The minimum atomic E-state index is -1.04. The van der Waals surface area contributed by atoms with E-state index in [0.29, 0.717) is 19.4 Å². The Morgan fingerprint density at radius 1 is 1.75 bits per heavy atom. The number of rotatable bonds is 4. The van der Waals surface area contributed by atoms with Gasteiger partial charge in [0.1, 0.15) is 0 Å². The van der Waals surface area contributed by atoms with Gasteiger partial charge in [0.25, 0.3) is 5.72 Å². The van der Waals surface area contributed by atoms with E-state index < -0.39 is 5.72 Å². The highest BCUT2D eigenvalue weighted by molar-refractivity contribution is 5.91. The molecule has 0 bridgehead atoms. The van der Waals surface area contributed by atoms with Crippen LogP contribution in [-0.2, 0) is 9.53 Å². The molecule has 1 rings (SSSR count). The molecule has 0 radical (unpaired) electrons. The monoisotopic (exact) mass is 172 g/mol. The minimum Gasteiger partial charge on any atom is -0.428 e. The third kappa shape index (κ3) is 2.09. The standard InChI is InChI=1S/C6H12N4O2/c7-5(8)10-3-1-2-6(9)4(11)12-6/h1-3,9H2,(H4,7,8,10). The molecule has 12 heavy (non-hydrogen) atoms. The van der Waals surface area contributed by atoms with E-state index in [4.69, 9.17) is 16.9 Å². The van der Waals surface area contributed by atoms with E-state index in [2.05, 4.69) is 10.1 Å². The Labute approximate surface area is 69.7 Å². The molecule has 6 nitrogen and oxygen atoms in total.